The van der Waals surface area contributed by atoms with Gasteiger partial charge in [0.1, 0.15) is 6.10 Å². The molecular weight excluding hydrogens is 644 g/mol. The van der Waals surface area contributed by atoms with Gasteiger partial charge in [0.2, 0.25) is 5.91 Å². The lowest BCUT2D eigenvalue weighted by atomic mass is 9.51. The van der Waals surface area contributed by atoms with E-state index in [2.05, 4.69) is 11.0 Å². The highest BCUT2D eigenvalue weighted by Crippen LogP contribution is 2.64. The number of esters is 1. The van der Waals surface area contributed by atoms with Crippen molar-refractivity contribution < 1.29 is 33.8 Å². The molecule has 2 bridgehead atoms. The second kappa shape index (κ2) is 13.7. The molecule has 1 spiro atoms. The lowest BCUT2D eigenvalue weighted by Crippen LogP contribution is -2.69. The van der Waals surface area contributed by atoms with E-state index < -0.39 is 17.5 Å². The summed E-state index contributed by atoms with van der Waals surface area (Å²) in [5.41, 5.74) is 3.13. The van der Waals surface area contributed by atoms with Gasteiger partial charge in [-0.25, -0.2) is 0 Å². The average Bonchev–Trinajstić information content (AvgIpc) is 3.72. The van der Waals surface area contributed by atoms with Gasteiger partial charge < -0.3 is 19.5 Å². The quantitative estimate of drug-likeness (QED) is 0.108. The number of ketones is 2. The van der Waals surface area contributed by atoms with Crippen molar-refractivity contribution in [2.45, 2.75) is 94.4 Å². The number of carbonyl (C=O) groups is 4. The van der Waals surface area contributed by atoms with E-state index in [9.17, 15) is 24.3 Å². The molecule has 1 amide bonds. The van der Waals surface area contributed by atoms with Crippen molar-refractivity contribution in [1.29, 1.82) is 0 Å². The van der Waals surface area contributed by atoms with E-state index in [0.717, 1.165) is 44.3 Å². The van der Waals surface area contributed by atoms with Gasteiger partial charge in [-0.15, -0.1) is 0 Å². The van der Waals surface area contributed by atoms with Crippen molar-refractivity contribution in [1.82, 2.24) is 9.80 Å². The molecule has 7 atom stereocenters. The number of hydrogen-bond acceptors (Lipinski definition) is 8. The molecule has 1 saturated heterocycles. The van der Waals surface area contributed by atoms with Crippen LogP contribution in [-0.4, -0.2) is 82.3 Å². The Morgan fingerprint density at radius 3 is 2.29 bits per heavy atom. The molecule has 9 nitrogen and oxygen atoms in total. The monoisotopic (exact) mass is 690 g/mol. The molecule has 8 rings (SSSR count). The Morgan fingerprint density at radius 2 is 1.61 bits per heavy atom. The maximum absolute atomic E-state index is 14.4. The summed E-state index contributed by atoms with van der Waals surface area (Å²) in [5, 5.41) is 10.2. The zero-order valence-electron chi connectivity index (χ0n) is 29.2. The van der Waals surface area contributed by atoms with Crippen LogP contribution in [0.1, 0.15) is 90.1 Å². The van der Waals surface area contributed by atoms with Gasteiger partial charge in [-0.1, -0.05) is 66.7 Å². The van der Waals surface area contributed by atoms with Crippen molar-refractivity contribution in [2.24, 2.45) is 11.8 Å². The highest BCUT2D eigenvalue weighted by molar-refractivity contribution is 5.99. The summed E-state index contributed by atoms with van der Waals surface area (Å²) in [6, 6.07) is 22.1. The highest BCUT2D eigenvalue weighted by atomic mass is 16.6. The number of nitrogens with zero attached hydrogens (tertiary/aromatic N) is 2. The number of ether oxygens (including phenoxy) is 2. The van der Waals surface area contributed by atoms with E-state index in [-0.39, 0.29) is 54.5 Å². The van der Waals surface area contributed by atoms with Crippen LogP contribution in [0.5, 0.6) is 11.5 Å². The predicted octanol–water partition coefficient (Wildman–Crippen LogP) is 5.56. The lowest BCUT2D eigenvalue weighted by Gasteiger charge is -2.60. The lowest BCUT2D eigenvalue weighted by molar-refractivity contribution is -0.142. The molecule has 3 aliphatic carbocycles. The Kier molecular flexibility index (Phi) is 9.05. The van der Waals surface area contributed by atoms with E-state index in [1.165, 1.54) is 12.5 Å². The Labute approximate surface area is 298 Å². The number of carbonyl (C=O) groups excluding carboxylic acids is 4. The fourth-order valence-electron chi connectivity index (χ4n) is 9.83. The normalized spacial score (nSPS) is 28.3. The van der Waals surface area contributed by atoms with Crippen LogP contribution in [0.4, 0.5) is 0 Å². The molecular formula is C42H46N2O7. The van der Waals surface area contributed by atoms with Gasteiger partial charge in [0, 0.05) is 60.4 Å². The van der Waals surface area contributed by atoms with Crippen LogP contribution >= 0.6 is 0 Å². The van der Waals surface area contributed by atoms with Gasteiger partial charge in [-0.05, 0) is 69.0 Å². The van der Waals surface area contributed by atoms with Crippen molar-refractivity contribution in [3.63, 3.8) is 0 Å². The number of hydrogen-bond donors (Lipinski definition) is 1. The molecule has 3 aromatic carbocycles. The van der Waals surface area contributed by atoms with Crippen LogP contribution in [0.25, 0.3) is 0 Å². The van der Waals surface area contributed by atoms with E-state index in [1.54, 1.807) is 17.0 Å². The SMILES string of the molecule is CC(=O)Oc1ccc2c3c1O[C@H]1[C@H](N(CC(=O)c4ccccc4)C(=O)CCCCC(=O)c4ccccc4)CC[C@H]4[C@@H](C2)N(CC2CC2O)CC[C@@]341. The van der Waals surface area contributed by atoms with Crippen molar-refractivity contribution in [3.05, 3.63) is 95.1 Å². The number of amides is 1. The van der Waals surface area contributed by atoms with Gasteiger partial charge >= 0.3 is 5.97 Å². The number of benzene rings is 3. The molecule has 266 valence electrons. The number of Topliss-reactive ketones (excluding diaryl/α,β-unsaturated/α-hetero) is 2. The van der Waals surface area contributed by atoms with Gasteiger partial charge in [-0.2, -0.15) is 0 Å². The Morgan fingerprint density at radius 1 is 0.922 bits per heavy atom. The van der Waals surface area contributed by atoms with Crippen molar-refractivity contribution in [3.8, 4) is 11.5 Å². The molecule has 2 unspecified atom stereocenters. The number of unbranched alkanes of at least 4 members (excludes halogenated alkanes) is 1. The molecule has 2 aliphatic heterocycles. The molecule has 3 fully saturated rings. The standard InChI is InChI=1S/C42H46N2O7/c1-26(45)50-37-19-16-29-22-33-31-17-18-32(41-42(31,39(29)40(37)51-41)20-21-43(33)24-30-23-35(30)47)44(25-36(48)28-12-6-3-7-13-28)38(49)15-9-8-14-34(46)27-10-4-2-5-11-27/h2-7,10-13,16,19,30-33,35,41,47H,8-9,14-15,17-18,20-25H2,1H3/t30?,31-,32+,33+,35?,41-,42-/m0/s1. The van der Waals surface area contributed by atoms with Crippen LogP contribution in [0.3, 0.4) is 0 Å². The summed E-state index contributed by atoms with van der Waals surface area (Å²) in [7, 11) is 0. The first-order chi connectivity index (χ1) is 24.7. The summed E-state index contributed by atoms with van der Waals surface area (Å²) in [6.45, 7) is 3.05. The third kappa shape index (κ3) is 6.18. The number of piperidine rings is 1. The fourth-order valence-corrected chi connectivity index (χ4v) is 9.83. The number of likely N-dealkylation sites (tertiary alicyclic amines) is 1. The van der Waals surface area contributed by atoms with Crippen LogP contribution in [0, 0.1) is 11.8 Å². The largest absolute Gasteiger partial charge is 0.483 e. The van der Waals surface area contributed by atoms with Gasteiger partial charge in [0.15, 0.2) is 23.1 Å². The van der Waals surface area contributed by atoms with Crippen molar-refractivity contribution in [2.75, 3.05) is 19.6 Å². The Hall–Kier alpha value is -4.34. The van der Waals surface area contributed by atoms with Crippen LogP contribution in [-0.2, 0) is 21.4 Å². The topological polar surface area (TPSA) is 113 Å². The fraction of sp³-hybridized carbons (Fsp3) is 0.476. The molecule has 2 heterocycles. The van der Waals surface area contributed by atoms with Crippen LogP contribution < -0.4 is 9.47 Å². The second-order valence-corrected chi connectivity index (χ2v) is 15.2. The first-order valence-corrected chi connectivity index (χ1v) is 18.6. The second-order valence-electron chi connectivity index (χ2n) is 15.2. The summed E-state index contributed by atoms with van der Waals surface area (Å²) in [4.78, 5) is 57.5. The number of aliphatic hydroxyl groups excluding tert-OH is 1. The molecule has 2 saturated carbocycles. The predicted molar refractivity (Wildman–Crippen MR) is 190 cm³/mol. The van der Waals surface area contributed by atoms with Gasteiger partial charge in [-0.3, -0.25) is 24.1 Å². The minimum Gasteiger partial charge on any atom is -0.483 e. The summed E-state index contributed by atoms with van der Waals surface area (Å²) >= 11 is 0. The van der Waals surface area contributed by atoms with E-state index >= 15 is 0 Å². The maximum atomic E-state index is 14.4. The number of rotatable bonds is 13. The van der Waals surface area contributed by atoms with Gasteiger partial charge in [0.25, 0.3) is 0 Å². The zero-order chi connectivity index (χ0) is 35.3. The summed E-state index contributed by atoms with van der Waals surface area (Å²) in [5.74, 6) is 0.990. The smallest absolute Gasteiger partial charge is 0.308 e. The molecule has 51 heavy (non-hydrogen) atoms. The molecule has 5 aliphatic rings. The van der Waals surface area contributed by atoms with E-state index in [4.69, 9.17) is 9.47 Å². The van der Waals surface area contributed by atoms with E-state index in [1.807, 2.05) is 54.6 Å². The minimum absolute atomic E-state index is 0.0579. The third-order valence-electron chi connectivity index (χ3n) is 12.3. The van der Waals surface area contributed by atoms with Crippen LogP contribution in [0.2, 0.25) is 0 Å². The van der Waals surface area contributed by atoms with Gasteiger partial charge in [0.05, 0.1) is 18.7 Å². The third-order valence-corrected chi connectivity index (χ3v) is 12.3. The maximum Gasteiger partial charge on any atom is 0.308 e. The highest BCUT2D eigenvalue weighted by Gasteiger charge is 2.67. The molecule has 3 aromatic rings. The van der Waals surface area contributed by atoms with E-state index in [0.29, 0.717) is 54.2 Å². The molecule has 1 N–H and O–H groups in total. The number of aliphatic hydroxyl groups is 1. The minimum atomic E-state index is -0.419. The Bertz CT molecular complexity index is 1830. The molecule has 0 radical (unpaired) electrons. The first-order valence-electron chi connectivity index (χ1n) is 18.6. The average molecular weight is 691 g/mol. The summed E-state index contributed by atoms with van der Waals surface area (Å²) < 4.78 is 12.7. The zero-order valence-corrected chi connectivity index (χ0v) is 29.2. The first kappa shape index (κ1) is 33.8. The Balaban J connectivity index is 1.10. The summed E-state index contributed by atoms with van der Waals surface area (Å²) in [6.07, 6.45) is 5.13. The van der Waals surface area contributed by atoms with Crippen molar-refractivity contribution >= 4 is 23.4 Å². The molecule has 0 aromatic heterocycles. The van der Waals surface area contributed by atoms with Crippen LogP contribution in [0.15, 0.2) is 72.8 Å². The molecule has 9 heteroatoms.